The van der Waals surface area contributed by atoms with Gasteiger partial charge in [-0.3, -0.25) is 23.8 Å². The highest BCUT2D eigenvalue weighted by Crippen LogP contribution is 2.39. The molecule has 0 unspecified atom stereocenters. The standard InChI is InChI=1S/C32H36N6O11.C2HF3O2/c33-15-21-24(41)27(44)31(47-21)49-28(29-25(42)26(43)30(48-29)38-13-11-22(39)34-32(38)45)20-16-37(36-35-20)12-4-14-46-19-9-7-18(8-10-19)23(40)17-5-2-1-3-6-17;3-2(4,5)1(6)7/h1-3,5-11,13,16,21,24-31,41-44H,4,12,14-15,33H2,(H,34,39,45);(H,6,7)/t21-,24-,25+,26-,27-,28-,29+,30-,31+;/m1./s1. The number of alkyl halides is 3. The molecule has 302 valence electrons. The molecule has 2 fully saturated rings. The fourth-order valence-corrected chi connectivity index (χ4v) is 5.75. The molecule has 8 N–H and O–H groups in total. The van der Waals surface area contributed by atoms with Crippen molar-refractivity contribution in [1.82, 2.24) is 24.5 Å². The predicted molar refractivity (Wildman–Crippen MR) is 177 cm³/mol. The van der Waals surface area contributed by atoms with Crippen LogP contribution in [0.1, 0.15) is 40.4 Å². The van der Waals surface area contributed by atoms with Crippen molar-refractivity contribution in [2.75, 3.05) is 13.2 Å². The minimum Gasteiger partial charge on any atom is -0.542 e. The average molecular weight is 795 g/mol. The second-order valence-electron chi connectivity index (χ2n) is 12.5. The van der Waals surface area contributed by atoms with E-state index in [2.05, 4.69) is 21.0 Å². The van der Waals surface area contributed by atoms with Gasteiger partial charge < -0.3 is 55.0 Å². The van der Waals surface area contributed by atoms with Gasteiger partial charge in [0.1, 0.15) is 66.7 Å². The van der Waals surface area contributed by atoms with Crippen LogP contribution in [0.4, 0.5) is 13.2 Å². The first-order chi connectivity index (χ1) is 26.6. The number of rotatable bonds is 13. The minimum atomic E-state index is -5.19. The number of nitrogens with zero attached hydrogens (tertiary/aromatic N) is 4. The van der Waals surface area contributed by atoms with Crippen LogP contribution >= 0.6 is 0 Å². The lowest BCUT2D eigenvalue weighted by Crippen LogP contribution is -2.58. The number of aromatic amines is 1. The van der Waals surface area contributed by atoms with Crippen LogP contribution < -0.4 is 26.8 Å². The van der Waals surface area contributed by atoms with Gasteiger partial charge in [-0.25, -0.2) is 4.79 Å². The summed E-state index contributed by atoms with van der Waals surface area (Å²) in [5.74, 6) is -2.51. The Morgan fingerprint density at radius 3 is 2.21 bits per heavy atom. The number of carbonyl (C=O) groups excluding carboxylic acids is 2. The predicted octanol–water partition coefficient (Wildman–Crippen LogP) is -2.81. The first-order valence-corrected chi connectivity index (χ1v) is 16.9. The lowest BCUT2D eigenvalue weighted by molar-refractivity contribution is -0.391. The van der Waals surface area contributed by atoms with E-state index >= 15 is 0 Å². The number of hydrogen-bond donors (Lipinski definition) is 6. The number of aryl methyl sites for hydroxylation is 1. The molecule has 0 radical (unpaired) electrons. The number of carboxylic acid groups (broad SMARTS) is 1. The number of quaternary nitrogens is 1. The lowest BCUT2D eigenvalue weighted by atomic mass is 10.0. The van der Waals surface area contributed by atoms with E-state index in [9.17, 15) is 48.0 Å². The number of aliphatic hydroxyl groups is 4. The fraction of sp³-hybridized carbons (Fsp3) is 0.412. The van der Waals surface area contributed by atoms with E-state index in [1.165, 1.54) is 10.9 Å². The Kier molecular flexibility index (Phi) is 13.5. The number of ether oxygens (including phenoxy) is 4. The van der Waals surface area contributed by atoms with Crippen LogP contribution in [0.25, 0.3) is 0 Å². The van der Waals surface area contributed by atoms with E-state index in [1.54, 1.807) is 48.5 Å². The fourth-order valence-electron chi connectivity index (χ4n) is 5.75. The lowest BCUT2D eigenvalue weighted by Gasteiger charge is -2.28. The minimum absolute atomic E-state index is 0.0883. The van der Waals surface area contributed by atoms with Crippen molar-refractivity contribution in [1.29, 1.82) is 0 Å². The van der Waals surface area contributed by atoms with Gasteiger partial charge in [0.15, 0.2) is 18.3 Å². The van der Waals surface area contributed by atoms with Crippen molar-refractivity contribution in [3.63, 3.8) is 0 Å². The van der Waals surface area contributed by atoms with Crippen molar-refractivity contribution >= 4 is 11.8 Å². The molecule has 4 aromatic rings. The Labute approximate surface area is 313 Å². The highest BCUT2D eigenvalue weighted by Gasteiger charge is 2.52. The number of halogens is 3. The normalized spacial score (nSPS) is 25.3. The smallest absolute Gasteiger partial charge is 0.430 e. The van der Waals surface area contributed by atoms with Crippen LogP contribution in [0.2, 0.25) is 0 Å². The van der Waals surface area contributed by atoms with Crippen LogP contribution in [-0.4, -0.2) is 119 Å². The van der Waals surface area contributed by atoms with Gasteiger partial charge in [0.2, 0.25) is 0 Å². The summed E-state index contributed by atoms with van der Waals surface area (Å²) < 4.78 is 57.4. The number of ketones is 1. The van der Waals surface area contributed by atoms with Crippen molar-refractivity contribution in [3.05, 3.63) is 111 Å². The van der Waals surface area contributed by atoms with Gasteiger partial charge in [-0.2, -0.15) is 13.2 Å². The molecule has 0 spiro atoms. The number of carbonyl (C=O) groups is 2. The molecule has 2 aliphatic heterocycles. The maximum absolute atomic E-state index is 12.6. The molecule has 0 amide bonds. The first-order valence-electron chi connectivity index (χ1n) is 16.9. The van der Waals surface area contributed by atoms with Gasteiger partial charge in [-0.1, -0.05) is 35.5 Å². The summed E-state index contributed by atoms with van der Waals surface area (Å²) in [5, 5.41) is 60.0. The SMILES string of the molecule is O=C([O-])C(F)(F)F.[NH3+]C[C@H]1O[C@@H](O[C@H](c2cn(CCCOc3ccc(C(=O)c4ccccc4)cc3)nn2)[C@H]2O[C@@H](n3ccc(=O)[nH]c3=O)[C@H](O)[C@@H]2O)[C@H](O)[C@@H]1O. The van der Waals surface area contributed by atoms with E-state index in [0.717, 1.165) is 16.8 Å². The van der Waals surface area contributed by atoms with E-state index in [0.29, 0.717) is 36.4 Å². The monoisotopic (exact) mass is 794 g/mol. The van der Waals surface area contributed by atoms with Crippen LogP contribution in [0.15, 0.2) is 82.6 Å². The Morgan fingerprint density at radius 2 is 1.61 bits per heavy atom. The molecule has 2 saturated heterocycles. The van der Waals surface area contributed by atoms with E-state index in [1.807, 2.05) is 6.07 Å². The van der Waals surface area contributed by atoms with Gasteiger partial charge in [0.25, 0.3) is 5.56 Å². The van der Waals surface area contributed by atoms with E-state index in [4.69, 9.17) is 28.8 Å². The highest BCUT2D eigenvalue weighted by molar-refractivity contribution is 6.08. The number of carboxylic acids is 1. The largest absolute Gasteiger partial charge is 0.542 e. The number of aliphatic hydroxyl groups excluding tert-OH is 4. The average Bonchev–Trinajstić information content (AvgIpc) is 3.84. The second-order valence-corrected chi connectivity index (χ2v) is 12.5. The summed E-state index contributed by atoms with van der Waals surface area (Å²) in [6.07, 6.45) is -14.4. The summed E-state index contributed by atoms with van der Waals surface area (Å²) in [4.78, 5) is 47.5. The molecule has 2 aromatic heterocycles. The second kappa shape index (κ2) is 18.1. The van der Waals surface area contributed by atoms with Crippen LogP contribution in [0, 0.1) is 0 Å². The molecule has 0 aliphatic carbocycles. The molecule has 56 heavy (non-hydrogen) atoms. The summed E-state index contributed by atoms with van der Waals surface area (Å²) in [7, 11) is 0. The maximum atomic E-state index is 12.6. The molecule has 22 heteroatoms. The summed E-state index contributed by atoms with van der Waals surface area (Å²) in [5.41, 5.74) is 3.44. The number of benzene rings is 2. The number of aliphatic carboxylic acids is 1. The maximum Gasteiger partial charge on any atom is 0.430 e. The van der Waals surface area contributed by atoms with Crippen molar-refractivity contribution in [2.45, 2.75) is 74.4 Å². The molecule has 19 nitrogen and oxygen atoms in total. The van der Waals surface area contributed by atoms with Gasteiger partial charge in [-0.15, -0.1) is 5.10 Å². The topological polar surface area (TPSA) is 288 Å². The number of hydrogen-bond acceptors (Lipinski definition) is 15. The Hall–Kier alpha value is -5.33. The number of aromatic nitrogens is 5. The zero-order valence-corrected chi connectivity index (χ0v) is 29.0. The van der Waals surface area contributed by atoms with Crippen molar-refractivity contribution in [3.8, 4) is 5.75 Å². The quantitative estimate of drug-likeness (QED) is 0.0589. The molecular formula is C34H37F3N6O13. The molecule has 0 bridgehead atoms. The Balaban J connectivity index is 0.000000784. The van der Waals surface area contributed by atoms with Crippen molar-refractivity contribution < 1.29 is 73.0 Å². The molecule has 6 rings (SSSR count). The van der Waals surface area contributed by atoms with Gasteiger partial charge in [-0.05, 0) is 24.3 Å². The number of nitrogens with one attached hydrogen (secondary N) is 1. The van der Waals surface area contributed by atoms with E-state index in [-0.39, 0.29) is 18.0 Å². The van der Waals surface area contributed by atoms with Crippen LogP contribution in [-0.2, 0) is 25.5 Å². The van der Waals surface area contributed by atoms with Crippen LogP contribution in [0.3, 0.4) is 0 Å². The Bertz CT molecular complexity index is 2050. The summed E-state index contributed by atoms with van der Waals surface area (Å²) in [6.45, 7) is 0.788. The zero-order chi connectivity index (χ0) is 40.7. The summed E-state index contributed by atoms with van der Waals surface area (Å²) >= 11 is 0. The Morgan fingerprint density at radius 1 is 0.946 bits per heavy atom. The third kappa shape index (κ3) is 9.90. The van der Waals surface area contributed by atoms with Gasteiger partial charge >= 0.3 is 11.9 Å². The van der Waals surface area contributed by atoms with Crippen molar-refractivity contribution in [2.24, 2.45) is 0 Å². The zero-order valence-electron chi connectivity index (χ0n) is 29.0. The molecule has 2 aromatic carbocycles. The number of H-pyrrole nitrogens is 1. The van der Waals surface area contributed by atoms with E-state index < -0.39 is 78.6 Å². The molecule has 0 saturated carbocycles. The third-order valence-corrected chi connectivity index (χ3v) is 8.61. The van der Waals surface area contributed by atoms with Gasteiger partial charge in [0.05, 0.1) is 12.8 Å². The third-order valence-electron chi connectivity index (χ3n) is 8.61. The highest BCUT2D eigenvalue weighted by atomic mass is 19.4. The molecular weight excluding hydrogens is 757 g/mol. The molecule has 9 atom stereocenters. The first kappa shape index (κ1) is 41.8. The molecule has 4 heterocycles. The van der Waals surface area contributed by atoms with Gasteiger partial charge in [0, 0.05) is 36.4 Å². The van der Waals surface area contributed by atoms with Crippen LogP contribution in [0.5, 0.6) is 5.75 Å². The molecule has 2 aliphatic rings. The summed E-state index contributed by atoms with van der Waals surface area (Å²) in [6, 6.07) is 16.9.